The van der Waals surface area contributed by atoms with E-state index >= 15 is 0 Å². The second-order valence-electron chi connectivity index (χ2n) is 5.94. The van der Waals surface area contributed by atoms with E-state index in [0.717, 1.165) is 30.0 Å². The van der Waals surface area contributed by atoms with Gasteiger partial charge in [0.15, 0.2) is 0 Å². The van der Waals surface area contributed by atoms with Crippen molar-refractivity contribution in [2.24, 2.45) is 5.92 Å². The maximum Gasteiger partial charge on any atom is 0.226 e. The van der Waals surface area contributed by atoms with Gasteiger partial charge in [0.25, 0.3) is 0 Å². The second kappa shape index (κ2) is 6.53. The summed E-state index contributed by atoms with van der Waals surface area (Å²) in [5.41, 5.74) is 2.33. The van der Waals surface area contributed by atoms with Crippen molar-refractivity contribution < 1.29 is 4.79 Å². The monoisotopic (exact) mass is 313 g/mol. The van der Waals surface area contributed by atoms with Crippen LogP contribution in [-0.2, 0) is 11.2 Å². The van der Waals surface area contributed by atoms with Crippen molar-refractivity contribution in [3.8, 4) is 0 Å². The summed E-state index contributed by atoms with van der Waals surface area (Å²) < 4.78 is 0. The lowest BCUT2D eigenvalue weighted by Gasteiger charge is -2.25. The summed E-state index contributed by atoms with van der Waals surface area (Å²) in [5.74, 6) is 0.334. The second-order valence-corrected chi connectivity index (χ2v) is 6.37. The third-order valence-electron chi connectivity index (χ3n) is 4.47. The molecule has 1 amide bonds. The third kappa shape index (κ3) is 3.17. The summed E-state index contributed by atoms with van der Waals surface area (Å²) >= 11 is 6.03. The van der Waals surface area contributed by atoms with Crippen LogP contribution in [0.2, 0.25) is 5.02 Å². The Kier molecular flexibility index (Phi) is 4.49. The van der Waals surface area contributed by atoms with Crippen LogP contribution in [0.25, 0.3) is 0 Å². The molecule has 0 bridgehead atoms. The molecule has 2 nitrogen and oxygen atoms in total. The first-order valence-electron chi connectivity index (χ1n) is 7.75. The molecule has 3 rings (SSSR count). The molecule has 0 saturated carbocycles. The number of hydrogen-bond acceptors (Lipinski definition) is 1. The zero-order valence-corrected chi connectivity index (χ0v) is 13.5. The molecule has 3 heteroatoms. The highest BCUT2D eigenvalue weighted by atomic mass is 35.5. The molecule has 2 aromatic carbocycles. The fourth-order valence-corrected chi connectivity index (χ4v) is 3.41. The Morgan fingerprint density at radius 3 is 2.68 bits per heavy atom. The van der Waals surface area contributed by atoms with Crippen molar-refractivity contribution in [2.45, 2.75) is 25.8 Å². The van der Waals surface area contributed by atoms with Crippen LogP contribution in [-0.4, -0.2) is 17.4 Å². The van der Waals surface area contributed by atoms with E-state index < -0.39 is 0 Å². The van der Waals surface area contributed by atoms with E-state index in [4.69, 9.17) is 11.6 Å². The van der Waals surface area contributed by atoms with Crippen LogP contribution in [0.1, 0.15) is 30.5 Å². The minimum absolute atomic E-state index is 0.0737. The highest BCUT2D eigenvalue weighted by molar-refractivity contribution is 6.30. The molecular weight excluding hydrogens is 294 g/mol. The lowest BCUT2D eigenvalue weighted by molar-refractivity contribution is -0.132. The fraction of sp³-hybridized carbons (Fsp3) is 0.316. The van der Waals surface area contributed by atoms with Crippen LogP contribution in [0.3, 0.4) is 0 Å². The first-order valence-corrected chi connectivity index (χ1v) is 8.13. The molecule has 0 aliphatic carbocycles. The first-order chi connectivity index (χ1) is 10.6. The first kappa shape index (κ1) is 15.1. The van der Waals surface area contributed by atoms with Crippen molar-refractivity contribution in [3.63, 3.8) is 0 Å². The molecule has 22 heavy (non-hydrogen) atoms. The van der Waals surface area contributed by atoms with Crippen LogP contribution < -0.4 is 0 Å². The third-order valence-corrected chi connectivity index (χ3v) is 4.71. The van der Waals surface area contributed by atoms with Gasteiger partial charge in [-0.3, -0.25) is 4.79 Å². The van der Waals surface area contributed by atoms with Gasteiger partial charge >= 0.3 is 0 Å². The summed E-state index contributed by atoms with van der Waals surface area (Å²) in [7, 11) is 0. The number of carbonyl (C=O) groups is 1. The fourth-order valence-electron chi connectivity index (χ4n) is 3.20. The average Bonchev–Trinajstić information content (AvgIpc) is 2.89. The van der Waals surface area contributed by atoms with E-state index in [1.807, 2.05) is 47.4 Å². The smallest absolute Gasteiger partial charge is 0.226 e. The molecule has 1 aliphatic heterocycles. The van der Waals surface area contributed by atoms with Crippen molar-refractivity contribution in [1.82, 2.24) is 4.90 Å². The van der Waals surface area contributed by atoms with Gasteiger partial charge in [-0.25, -0.2) is 0 Å². The Labute approximate surface area is 136 Å². The molecular formula is C19H20ClNO. The van der Waals surface area contributed by atoms with E-state index in [2.05, 4.69) is 19.1 Å². The van der Waals surface area contributed by atoms with E-state index in [0.29, 0.717) is 0 Å². The van der Waals surface area contributed by atoms with E-state index in [9.17, 15) is 4.79 Å². The molecule has 1 saturated heterocycles. The standard InChI is InChI=1S/C19H20ClNO/c1-14(16-7-3-2-4-8-16)21-11-10-17(19(21)22)12-15-6-5-9-18(20)13-15/h2-9,13-14,17H,10-12H2,1H3/t14-,17-/m1/s1. The predicted molar refractivity (Wildman–Crippen MR) is 89.8 cm³/mol. The SMILES string of the molecule is C[C@H](c1ccccc1)N1CC[C@H](Cc2cccc(Cl)c2)C1=O. The lowest BCUT2D eigenvalue weighted by atomic mass is 9.98. The van der Waals surface area contributed by atoms with E-state index in [-0.39, 0.29) is 17.9 Å². The number of amides is 1. The number of rotatable bonds is 4. The normalized spacial score (nSPS) is 19.5. The molecule has 114 valence electrons. The Balaban J connectivity index is 1.70. The Bertz CT molecular complexity index is 655. The molecule has 1 fully saturated rings. The molecule has 0 N–H and O–H groups in total. The minimum Gasteiger partial charge on any atom is -0.336 e. The van der Waals surface area contributed by atoms with E-state index in [1.165, 1.54) is 5.56 Å². The summed E-state index contributed by atoms with van der Waals surface area (Å²) in [5, 5.41) is 0.734. The van der Waals surface area contributed by atoms with E-state index in [1.54, 1.807) is 0 Å². The van der Waals surface area contributed by atoms with Crippen LogP contribution in [0.15, 0.2) is 54.6 Å². The number of carbonyl (C=O) groups excluding carboxylic acids is 1. The zero-order valence-electron chi connectivity index (χ0n) is 12.7. The molecule has 0 radical (unpaired) electrons. The highest BCUT2D eigenvalue weighted by Gasteiger charge is 2.34. The largest absolute Gasteiger partial charge is 0.336 e. The quantitative estimate of drug-likeness (QED) is 0.814. The summed E-state index contributed by atoms with van der Waals surface area (Å²) in [4.78, 5) is 14.7. The van der Waals surface area contributed by atoms with Crippen LogP contribution in [0.5, 0.6) is 0 Å². The predicted octanol–water partition coefficient (Wildman–Crippen LogP) is 4.49. The number of nitrogens with zero attached hydrogens (tertiary/aromatic N) is 1. The van der Waals surface area contributed by atoms with Gasteiger partial charge in [-0.05, 0) is 43.0 Å². The van der Waals surface area contributed by atoms with Crippen molar-refractivity contribution >= 4 is 17.5 Å². The van der Waals surface area contributed by atoms with Crippen molar-refractivity contribution in [3.05, 3.63) is 70.7 Å². The van der Waals surface area contributed by atoms with Crippen molar-refractivity contribution in [1.29, 1.82) is 0 Å². The maximum absolute atomic E-state index is 12.7. The Morgan fingerprint density at radius 2 is 1.95 bits per heavy atom. The Morgan fingerprint density at radius 1 is 1.18 bits per heavy atom. The molecule has 0 aromatic heterocycles. The lowest BCUT2D eigenvalue weighted by Crippen LogP contribution is -2.30. The zero-order chi connectivity index (χ0) is 15.5. The number of benzene rings is 2. The molecule has 2 atom stereocenters. The van der Waals surface area contributed by atoms with Crippen LogP contribution in [0.4, 0.5) is 0 Å². The van der Waals surface area contributed by atoms with Gasteiger partial charge in [0.05, 0.1) is 6.04 Å². The molecule has 0 unspecified atom stereocenters. The van der Waals surface area contributed by atoms with Gasteiger partial charge in [-0.1, -0.05) is 54.1 Å². The molecule has 1 heterocycles. The molecule has 1 aliphatic rings. The summed E-state index contributed by atoms with van der Waals surface area (Å²) in [6.45, 7) is 2.94. The van der Waals surface area contributed by atoms with Gasteiger partial charge in [0.1, 0.15) is 0 Å². The molecule has 0 spiro atoms. The highest BCUT2D eigenvalue weighted by Crippen LogP contribution is 2.30. The average molecular weight is 314 g/mol. The van der Waals surface area contributed by atoms with Gasteiger partial charge in [0, 0.05) is 17.5 Å². The summed E-state index contributed by atoms with van der Waals surface area (Å²) in [6.07, 6.45) is 1.69. The summed E-state index contributed by atoms with van der Waals surface area (Å²) in [6, 6.07) is 18.2. The van der Waals surface area contributed by atoms with Crippen LogP contribution >= 0.6 is 11.6 Å². The van der Waals surface area contributed by atoms with Crippen LogP contribution in [0, 0.1) is 5.92 Å². The van der Waals surface area contributed by atoms with Gasteiger partial charge in [-0.2, -0.15) is 0 Å². The number of hydrogen-bond donors (Lipinski definition) is 0. The molecule has 2 aromatic rings. The van der Waals surface area contributed by atoms with Gasteiger partial charge < -0.3 is 4.90 Å². The maximum atomic E-state index is 12.7. The van der Waals surface area contributed by atoms with Crippen molar-refractivity contribution in [2.75, 3.05) is 6.54 Å². The number of likely N-dealkylation sites (tertiary alicyclic amines) is 1. The van der Waals surface area contributed by atoms with Gasteiger partial charge in [0.2, 0.25) is 5.91 Å². The number of halogens is 1. The van der Waals surface area contributed by atoms with Gasteiger partial charge in [-0.15, -0.1) is 0 Å². The topological polar surface area (TPSA) is 20.3 Å². The Hall–Kier alpha value is -1.80. The minimum atomic E-state index is 0.0737.